The minimum Gasteiger partial charge on any atom is -0.385 e. The van der Waals surface area contributed by atoms with Crippen LogP contribution in [-0.2, 0) is 0 Å². The maximum atomic E-state index is 10.7. The topological polar surface area (TPSA) is 93.2 Å². The highest BCUT2D eigenvalue weighted by molar-refractivity contribution is 5.87. The Labute approximate surface area is 108 Å². The molecule has 18 heavy (non-hydrogen) atoms. The van der Waals surface area contributed by atoms with E-state index in [1.165, 1.54) is 0 Å². The molecule has 1 aromatic rings. The van der Waals surface area contributed by atoms with E-state index in [0.717, 1.165) is 12.2 Å². The van der Waals surface area contributed by atoms with E-state index in [1.54, 1.807) is 12.1 Å². The Morgan fingerprint density at radius 2 is 1.78 bits per heavy atom. The van der Waals surface area contributed by atoms with E-state index in [1.807, 2.05) is 12.1 Å². The largest absolute Gasteiger partial charge is 0.385 e. The number of anilines is 2. The molecule has 0 aromatic heterocycles. The molecule has 5 nitrogen and oxygen atoms in total. The van der Waals surface area contributed by atoms with Crippen molar-refractivity contribution in [3.63, 3.8) is 0 Å². The summed E-state index contributed by atoms with van der Waals surface area (Å²) in [5.41, 5.74) is 12.4. The lowest BCUT2D eigenvalue weighted by atomic mass is 9.96. The third-order valence-corrected chi connectivity index (χ3v) is 2.97. The third kappa shape index (κ3) is 4.63. The first-order valence-corrected chi connectivity index (χ1v) is 6.13. The van der Waals surface area contributed by atoms with E-state index in [4.69, 9.17) is 11.5 Å². The molecule has 1 unspecified atom stereocenters. The van der Waals surface area contributed by atoms with Gasteiger partial charge in [-0.05, 0) is 42.6 Å². The zero-order valence-corrected chi connectivity index (χ0v) is 10.9. The van der Waals surface area contributed by atoms with Crippen LogP contribution in [0.25, 0.3) is 0 Å². The molecular weight excluding hydrogens is 228 g/mol. The van der Waals surface area contributed by atoms with Crippen LogP contribution in [0, 0.1) is 11.8 Å². The Morgan fingerprint density at radius 1 is 1.22 bits per heavy atom. The first-order valence-electron chi connectivity index (χ1n) is 6.13. The van der Waals surface area contributed by atoms with Crippen LogP contribution < -0.4 is 22.1 Å². The van der Waals surface area contributed by atoms with Gasteiger partial charge in [0.25, 0.3) is 0 Å². The average molecular weight is 250 g/mol. The fourth-order valence-electron chi connectivity index (χ4n) is 1.65. The third-order valence-electron chi connectivity index (χ3n) is 2.97. The SMILES string of the molecule is CC(C)C(CN)CNc1ccc(NC(N)=O)cc1. The maximum Gasteiger partial charge on any atom is 0.316 e. The summed E-state index contributed by atoms with van der Waals surface area (Å²) in [7, 11) is 0. The number of amides is 2. The molecule has 2 amide bonds. The molecule has 5 heteroatoms. The zero-order valence-electron chi connectivity index (χ0n) is 10.9. The van der Waals surface area contributed by atoms with Crippen LogP contribution in [0.5, 0.6) is 0 Å². The van der Waals surface area contributed by atoms with Crippen LogP contribution in [0.2, 0.25) is 0 Å². The molecule has 0 saturated heterocycles. The number of primary amides is 1. The molecule has 1 aromatic carbocycles. The number of hydrogen-bond acceptors (Lipinski definition) is 3. The highest BCUT2D eigenvalue weighted by Crippen LogP contribution is 2.15. The van der Waals surface area contributed by atoms with Crippen molar-refractivity contribution in [3.05, 3.63) is 24.3 Å². The van der Waals surface area contributed by atoms with Gasteiger partial charge >= 0.3 is 6.03 Å². The lowest BCUT2D eigenvalue weighted by Crippen LogP contribution is -2.27. The highest BCUT2D eigenvalue weighted by Gasteiger charge is 2.10. The van der Waals surface area contributed by atoms with Gasteiger partial charge in [-0.25, -0.2) is 4.79 Å². The van der Waals surface area contributed by atoms with Crippen molar-refractivity contribution in [3.8, 4) is 0 Å². The van der Waals surface area contributed by atoms with Gasteiger partial charge in [-0.2, -0.15) is 0 Å². The number of carbonyl (C=O) groups is 1. The normalized spacial score (nSPS) is 12.2. The first kappa shape index (κ1) is 14.3. The van der Waals surface area contributed by atoms with E-state index in [9.17, 15) is 4.79 Å². The van der Waals surface area contributed by atoms with Crippen LogP contribution in [0.3, 0.4) is 0 Å². The van der Waals surface area contributed by atoms with Crippen LogP contribution in [0.15, 0.2) is 24.3 Å². The van der Waals surface area contributed by atoms with Crippen molar-refractivity contribution in [1.29, 1.82) is 0 Å². The zero-order chi connectivity index (χ0) is 13.5. The van der Waals surface area contributed by atoms with Crippen molar-refractivity contribution in [2.45, 2.75) is 13.8 Å². The van der Waals surface area contributed by atoms with Crippen LogP contribution in [0.1, 0.15) is 13.8 Å². The fraction of sp³-hybridized carbons (Fsp3) is 0.462. The molecule has 0 saturated carbocycles. The van der Waals surface area contributed by atoms with Gasteiger partial charge < -0.3 is 22.1 Å². The second-order valence-corrected chi connectivity index (χ2v) is 4.69. The first-order chi connectivity index (χ1) is 8.52. The van der Waals surface area contributed by atoms with E-state index < -0.39 is 6.03 Å². The summed E-state index contributed by atoms with van der Waals surface area (Å²) in [6.45, 7) is 5.85. The van der Waals surface area contributed by atoms with Gasteiger partial charge in [0.1, 0.15) is 0 Å². The van der Waals surface area contributed by atoms with Crippen molar-refractivity contribution >= 4 is 17.4 Å². The summed E-state index contributed by atoms with van der Waals surface area (Å²) < 4.78 is 0. The Kier molecular flexibility index (Phi) is 5.45. The van der Waals surface area contributed by atoms with Gasteiger partial charge in [0.2, 0.25) is 0 Å². The number of nitrogens with two attached hydrogens (primary N) is 2. The molecule has 0 radical (unpaired) electrons. The maximum absolute atomic E-state index is 10.7. The lowest BCUT2D eigenvalue weighted by molar-refractivity contribution is 0.259. The van der Waals surface area contributed by atoms with Gasteiger partial charge in [0.05, 0.1) is 0 Å². The Balaban J connectivity index is 2.50. The summed E-state index contributed by atoms with van der Waals surface area (Å²) >= 11 is 0. The molecule has 0 aliphatic heterocycles. The molecule has 100 valence electrons. The van der Waals surface area contributed by atoms with Crippen molar-refractivity contribution in [2.24, 2.45) is 23.3 Å². The van der Waals surface area contributed by atoms with Crippen LogP contribution in [0.4, 0.5) is 16.2 Å². The minimum atomic E-state index is -0.557. The molecule has 0 aliphatic carbocycles. The van der Waals surface area contributed by atoms with Gasteiger partial charge in [-0.3, -0.25) is 0 Å². The highest BCUT2D eigenvalue weighted by atomic mass is 16.2. The average Bonchev–Trinajstić information content (AvgIpc) is 2.31. The number of rotatable bonds is 6. The summed E-state index contributed by atoms with van der Waals surface area (Å²) in [5.74, 6) is 1.01. The number of benzene rings is 1. The predicted octanol–water partition coefficient (Wildman–Crippen LogP) is 1.82. The molecule has 6 N–H and O–H groups in total. The number of nitrogens with one attached hydrogen (secondary N) is 2. The predicted molar refractivity (Wildman–Crippen MR) is 75.5 cm³/mol. The monoisotopic (exact) mass is 250 g/mol. The number of urea groups is 1. The molecule has 1 rings (SSSR count). The quantitative estimate of drug-likeness (QED) is 0.620. The molecule has 0 aliphatic rings. The van der Waals surface area contributed by atoms with E-state index in [2.05, 4.69) is 24.5 Å². The number of carbonyl (C=O) groups excluding carboxylic acids is 1. The number of hydrogen-bond donors (Lipinski definition) is 4. The minimum absolute atomic E-state index is 0.452. The van der Waals surface area contributed by atoms with Crippen molar-refractivity contribution in [1.82, 2.24) is 0 Å². The lowest BCUT2D eigenvalue weighted by Gasteiger charge is -2.20. The fourth-order valence-corrected chi connectivity index (χ4v) is 1.65. The summed E-state index contributed by atoms with van der Waals surface area (Å²) in [6, 6.07) is 6.86. The second kappa shape index (κ2) is 6.86. The van der Waals surface area contributed by atoms with E-state index >= 15 is 0 Å². The summed E-state index contributed by atoms with van der Waals surface area (Å²) in [6.07, 6.45) is 0. The van der Waals surface area contributed by atoms with Gasteiger partial charge in [0.15, 0.2) is 0 Å². The van der Waals surface area contributed by atoms with Crippen molar-refractivity contribution < 1.29 is 4.79 Å². The Morgan fingerprint density at radius 3 is 2.22 bits per heavy atom. The Bertz CT molecular complexity index is 375. The molecule has 0 bridgehead atoms. The van der Waals surface area contributed by atoms with Crippen molar-refractivity contribution in [2.75, 3.05) is 23.7 Å². The van der Waals surface area contributed by atoms with Crippen LogP contribution >= 0.6 is 0 Å². The molecule has 1 atom stereocenters. The molecule has 0 spiro atoms. The molecular formula is C13H22N4O. The second-order valence-electron chi connectivity index (χ2n) is 4.69. The Hall–Kier alpha value is -1.75. The van der Waals surface area contributed by atoms with E-state index in [-0.39, 0.29) is 0 Å². The summed E-state index contributed by atoms with van der Waals surface area (Å²) in [4.78, 5) is 10.7. The standard InChI is InChI=1S/C13H22N4O/c1-9(2)10(7-14)8-16-11-3-5-12(6-4-11)17-13(15)18/h3-6,9-10,16H,7-8,14H2,1-2H3,(H3,15,17,18). The van der Waals surface area contributed by atoms with Gasteiger partial charge in [-0.15, -0.1) is 0 Å². The smallest absolute Gasteiger partial charge is 0.316 e. The summed E-state index contributed by atoms with van der Waals surface area (Å²) in [5, 5.41) is 5.85. The molecule has 0 heterocycles. The van der Waals surface area contributed by atoms with E-state index in [0.29, 0.717) is 24.1 Å². The van der Waals surface area contributed by atoms with Gasteiger partial charge in [0, 0.05) is 17.9 Å². The van der Waals surface area contributed by atoms with Gasteiger partial charge in [-0.1, -0.05) is 13.8 Å². The van der Waals surface area contributed by atoms with Crippen LogP contribution in [-0.4, -0.2) is 19.1 Å². The molecule has 0 fully saturated rings.